The van der Waals surface area contributed by atoms with Gasteiger partial charge in [0.05, 0.1) is 5.41 Å². The molecule has 1 heterocycles. The highest BCUT2D eigenvalue weighted by Crippen LogP contribution is 2.59. The Bertz CT molecular complexity index is 726. The van der Waals surface area contributed by atoms with Gasteiger partial charge >= 0.3 is 0 Å². The van der Waals surface area contributed by atoms with Crippen LogP contribution in [0.2, 0.25) is 0 Å². The Morgan fingerprint density at radius 3 is 2.77 bits per heavy atom. The fourth-order valence-corrected chi connectivity index (χ4v) is 4.46. The van der Waals surface area contributed by atoms with Gasteiger partial charge in [-0.2, -0.15) is 0 Å². The van der Waals surface area contributed by atoms with E-state index in [1.54, 1.807) is 12.1 Å². The maximum absolute atomic E-state index is 12.3. The molecule has 0 bridgehead atoms. The van der Waals surface area contributed by atoms with Gasteiger partial charge in [-0.15, -0.1) is 0 Å². The van der Waals surface area contributed by atoms with E-state index in [4.69, 9.17) is 4.74 Å². The number of hydrogen-bond donors (Lipinski definition) is 2. The lowest BCUT2D eigenvalue weighted by Crippen LogP contribution is -2.69. The summed E-state index contributed by atoms with van der Waals surface area (Å²) in [7, 11) is 3.85. The molecular formula is C17H19NO4. The topological polar surface area (TPSA) is 70.0 Å². The smallest absolute Gasteiger partial charge is 0.196 e. The molecule has 0 saturated carbocycles. The molecule has 5 heteroatoms. The fourth-order valence-electron chi connectivity index (χ4n) is 4.46. The number of ketones is 1. The quantitative estimate of drug-likeness (QED) is 0.802. The molecule has 1 aliphatic heterocycles. The first-order valence-electron chi connectivity index (χ1n) is 7.44. The number of carbonyl (C=O) groups excluding carboxylic acids is 1. The Balaban J connectivity index is 2.08. The van der Waals surface area contributed by atoms with Crippen molar-refractivity contribution in [3.05, 3.63) is 35.4 Å². The van der Waals surface area contributed by atoms with Crippen LogP contribution in [-0.4, -0.2) is 52.7 Å². The van der Waals surface area contributed by atoms with Gasteiger partial charge in [0, 0.05) is 11.6 Å². The Morgan fingerprint density at radius 2 is 2.09 bits per heavy atom. The van der Waals surface area contributed by atoms with Crippen molar-refractivity contribution in [2.24, 2.45) is 0 Å². The highest BCUT2D eigenvalue weighted by atomic mass is 16.5. The highest BCUT2D eigenvalue weighted by Gasteiger charge is 2.67. The van der Waals surface area contributed by atoms with Crippen molar-refractivity contribution in [3.63, 3.8) is 0 Å². The van der Waals surface area contributed by atoms with Crippen LogP contribution in [0.15, 0.2) is 24.3 Å². The van der Waals surface area contributed by atoms with Gasteiger partial charge in [0.2, 0.25) is 0 Å². The van der Waals surface area contributed by atoms with E-state index in [-0.39, 0.29) is 17.6 Å². The van der Waals surface area contributed by atoms with Crippen molar-refractivity contribution in [2.45, 2.75) is 36.5 Å². The summed E-state index contributed by atoms with van der Waals surface area (Å²) >= 11 is 0. The highest BCUT2D eigenvalue weighted by molar-refractivity contribution is 5.98. The van der Waals surface area contributed by atoms with Crippen molar-refractivity contribution in [3.8, 4) is 11.5 Å². The number of carbonyl (C=O) groups is 1. The number of aliphatic hydroxyl groups is 1. The molecule has 22 heavy (non-hydrogen) atoms. The van der Waals surface area contributed by atoms with Gasteiger partial charge in [0.25, 0.3) is 0 Å². The molecule has 2 unspecified atom stereocenters. The normalized spacial score (nSPS) is 38.1. The van der Waals surface area contributed by atoms with E-state index in [1.807, 2.05) is 32.0 Å². The van der Waals surface area contributed by atoms with E-state index in [0.717, 1.165) is 11.1 Å². The maximum atomic E-state index is 12.3. The maximum Gasteiger partial charge on any atom is 0.196 e. The number of rotatable bonds is 1. The molecule has 1 aromatic carbocycles. The summed E-state index contributed by atoms with van der Waals surface area (Å²) in [5.41, 5.74) is -0.323. The lowest BCUT2D eigenvalue weighted by Gasteiger charge is -2.54. The molecule has 4 atom stereocenters. The fraction of sp³-hybridized carbons (Fsp3) is 0.471. The summed E-state index contributed by atoms with van der Waals surface area (Å²) in [5.74, 6) is 0.193. The molecule has 2 N–H and O–H groups in total. The molecule has 0 saturated heterocycles. The van der Waals surface area contributed by atoms with E-state index >= 15 is 0 Å². The van der Waals surface area contributed by atoms with Crippen LogP contribution in [-0.2, 0) is 16.6 Å². The van der Waals surface area contributed by atoms with E-state index < -0.39 is 17.1 Å². The molecule has 0 fully saturated rings. The average Bonchev–Trinajstić information content (AvgIpc) is 2.79. The van der Waals surface area contributed by atoms with Gasteiger partial charge in [-0.25, -0.2) is 0 Å². The second kappa shape index (κ2) is 3.91. The zero-order valence-electron chi connectivity index (χ0n) is 12.8. The Morgan fingerprint density at radius 1 is 1.36 bits per heavy atom. The second-order valence-corrected chi connectivity index (χ2v) is 6.89. The predicted octanol–water partition coefficient (Wildman–Crippen LogP) is 0.767. The van der Waals surface area contributed by atoms with Gasteiger partial charge in [-0.1, -0.05) is 6.07 Å². The van der Waals surface area contributed by atoms with E-state index in [1.165, 1.54) is 6.08 Å². The molecule has 0 spiro atoms. The van der Waals surface area contributed by atoms with Crippen LogP contribution in [0, 0.1) is 0 Å². The van der Waals surface area contributed by atoms with E-state index in [0.29, 0.717) is 12.2 Å². The van der Waals surface area contributed by atoms with Crippen LogP contribution >= 0.6 is 0 Å². The lowest BCUT2D eigenvalue weighted by molar-refractivity contribution is -0.136. The van der Waals surface area contributed by atoms with Gasteiger partial charge < -0.3 is 19.8 Å². The molecule has 116 valence electrons. The Hall–Kier alpha value is -1.85. The Labute approximate surface area is 128 Å². The summed E-state index contributed by atoms with van der Waals surface area (Å²) in [5, 5.41) is 21.6. The van der Waals surface area contributed by atoms with Gasteiger partial charge in [0.1, 0.15) is 5.60 Å². The summed E-state index contributed by atoms with van der Waals surface area (Å²) in [6.07, 6.45) is 2.86. The number of phenolic OH excluding ortho intramolecular Hbond substituents is 1. The van der Waals surface area contributed by atoms with Gasteiger partial charge in [-0.05, 0) is 51.2 Å². The van der Waals surface area contributed by atoms with Crippen molar-refractivity contribution >= 4 is 5.78 Å². The van der Waals surface area contributed by atoms with E-state index in [9.17, 15) is 15.0 Å². The molecule has 4 rings (SSSR count). The number of aromatic hydroxyl groups is 1. The zero-order chi connectivity index (χ0) is 15.9. The number of benzene rings is 1. The second-order valence-electron chi connectivity index (χ2n) is 6.89. The molecule has 1 aromatic rings. The number of nitrogens with zero attached hydrogens (tertiary/aromatic N) is 1. The van der Waals surface area contributed by atoms with Crippen LogP contribution in [0.5, 0.6) is 11.5 Å². The zero-order valence-corrected chi connectivity index (χ0v) is 12.8. The number of hydrogen-bond acceptors (Lipinski definition) is 5. The molecule has 5 nitrogen and oxygen atoms in total. The number of likely N-dealkylation sites (N-methyl/N-ethyl adjacent to an activating group) is 1. The van der Waals surface area contributed by atoms with Crippen LogP contribution in [0.3, 0.4) is 0 Å². The molecule has 2 aliphatic carbocycles. The minimum absolute atomic E-state index is 0.0211. The molecule has 0 aromatic heterocycles. The minimum atomic E-state index is -1.22. The Kier molecular flexibility index (Phi) is 2.45. The van der Waals surface area contributed by atoms with Crippen LogP contribution in [0.4, 0.5) is 0 Å². The van der Waals surface area contributed by atoms with Crippen molar-refractivity contribution in [2.75, 3.05) is 14.1 Å². The monoisotopic (exact) mass is 301 g/mol. The summed E-state index contributed by atoms with van der Waals surface area (Å²) in [6.45, 7) is 1.86. The van der Waals surface area contributed by atoms with E-state index in [2.05, 4.69) is 0 Å². The third kappa shape index (κ3) is 1.30. The molecule has 0 radical (unpaired) electrons. The van der Waals surface area contributed by atoms with Crippen LogP contribution < -0.4 is 4.74 Å². The van der Waals surface area contributed by atoms with Gasteiger partial charge in [-0.3, -0.25) is 4.79 Å². The van der Waals surface area contributed by atoms with Crippen LogP contribution in [0.1, 0.15) is 18.1 Å². The standard InChI is InChI=1S/C17H19NO4/c1-16-13-9-4-5-10(19)14(13)22-15(16)11(20)6-7-17(16,21)12(8-9)18(2)3/h4-7,12,15,19,21H,8H2,1-3H3/t12?,15-,16?,17+/m0/s1. The first-order valence-corrected chi connectivity index (χ1v) is 7.44. The predicted molar refractivity (Wildman–Crippen MR) is 80.2 cm³/mol. The summed E-state index contributed by atoms with van der Waals surface area (Å²) in [4.78, 5) is 14.3. The van der Waals surface area contributed by atoms with Gasteiger partial charge in [0.15, 0.2) is 23.4 Å². The lowest BCUT2D eigenvalue weighted by atomic mass is 9.55. The van der Waals surface area contributed by atoms with Crippen molar-refractivity contribution in [1.82, 2.24) is 4.90 Å². The molecular weight excluding hydrogens is 282 g/mol. The molecule has 0 amide bonds. The summed E-state index contributed by atoms with van der Waals surface area (Å²) in [6, 6.07) is 3.30. The minimum Gasteiger partial charge on any atom is -0.504 e. The third-order valence-electron chi connectivity index (χ3n) is 5.64. The summed E-state index contributed by atoms with van der Waals surface area (Å²) < 4.78 is 5.81. The average molecular weight is 301 g/mol. The molecule has 3 aliphatic rings. The van der Waals surface area contributed by atoms with Crippen molar-refractivity contribution in [1.29, 1.82) is 0 Å². The van der Waals surface area contributed by atoms with Crippen LogP contribution in [0.25, 0.3) is 0 Å². The van der Waals surface area contributed by atoms with Crippen molar-refractivity contribution < 1.29 is 19.7 Å². The largest absolute Gasteiger partial charge is 0.504 e. The SMILES string of the molecule is CN(C)C1Cc2ccc(O)c3c2C2(C)[C@@H](O3)C(=O)C=C[C@@]12O. The third-order valence-corrected chi connectivity index (χ3v) is 5.64. The number of phenols is 1. The number of ether oxygens (including phenoxy) is 1. The first-order chi connectivity index (χ1) is 10.3. The first kappa shape index (κ1) is 13.8.